The van der Waals surface area contributed by atoms with Crippen LogP contribution in [0.25, 0.3) is 0 Å². The van der Waals surface area contributed by atoms with Crippen LogP contribution in [-0.4, -0.2) is 35.7 Å². The number of likely N-dealkylation sites (N-methyl/N-ethyl adjacent to an activating group) is 1. The summed E-state index contributed by atoms with van der Waals surface area (Å²) in [5.74, 6) is 2.60. The maximum absolute atomic E-state index is 9.66. The van der Waals surface area contributed by atoms with Gasteiger partial charge in [-0.25, -0.2) is 0 Å². The van der Waals surface area contributed by atoms with Gasteiger partial charge in [0.15, 0.2) is 0 Å². The van der Waals surface area contributed by atoms with Crippen LogP contribution in [-0.2, 0) is 0 Å². The molecule has 1 saturated carbocycles. The SMILES string of the molecule is C#CCN(C)C1CCCCC1O. The predicted octanol–water partition coefficient (Wildman–Crippen LogP) is 0.855. The van der Waals surface area contributed by atoms with Gasteiger partial charge in [0.05, 0.1) is 12.6 Å². The first kappa shape index (κ1) is 9.57. The van der Waals surface area contributed by atoms with E-state index < -0.39 is 0 Å². The van der Waals surface area contributed by atoms with Crippen LogP contribution >= 0.6 is 0 Å². The van der Waals surface area contributed by atoms with E-state index >= 15 is 0 Å². The van der Waals surface area contributed by atoms with E-state index in [-0.39, 0.29) is 12.1 Å². The van der Waals surface area contributed by atoms with Crippen LogP contribution in [0.3, 0.4) is 0 Å². The van der Waals surface area contributed by atoms with Crippen LogP contribution in [0, 0.1) is 12.3 Å². The zero-order chi connectivity index (χ0) is 8.97. The Morgan fingerprint density at radius 3 is 2.75 bits per heavy atom. The van der Waals surface area contributed by atoms with E-state index in [0.29, 0.717) is 6.54 Å². The van der Waals surface area contributed by atoms with Gasteiger partial charge in [-0.15, -0.1) is 6.42 Å². The van der Waals surface area contributed by atoms with E-state index in [1.807, 2.05) is 7.05 Å². The van der Waals surface area contributed by atoms with Crippen molar-refractivity contribution in [2.75, 3.05) is 13.6 Å². The lowest BCUT2D eigenvalue weighted by atomic mass is 9.92. The van der Waals surface area contributed by atoms with Gasteiger partial charge >= 0.3 is 0 Å². The molecule has 2 heteroatoms. The first-order chi connectivity index (χ1) is 5.75. The van der Waals surface area contributed by atoms with E-state index in [2.05, 4.69) is 10.8 Å². The van der Waals surface area contributed by atoms with E-state index in [9.17, 15) is 5.11 Å². The summed E-state index contributed by atoms with van der Waals surface area (Å²) in [6.07, 6.45) is 9.42. The number of rotatable bonds is 2. The Morgan fingerprint density at radius 1 is 1.50 bits per heavy atom. The topological polar surface area (TPSA) is 23.5 Å². The van der Waals surface area contributed by atoms with Crippen molar-refractivity contribution in [3.8, 4) is 12.3 Å². The summed E-state index contributed by atoms with van der Waals surface area (Å²) in [5, 5.41) is 9.66. The molecule has 2 atom stereocenters. The van der Waals surface area contributed by atoms with Crippen LogP contribution < -0.4 is 0 Å². The number of hydrogen-bond donors (Lipinski definition) is 1. The molecule has 0 aliphatic heterocycles. The van der Waals surface area contributed by atoms with Crippen molar-refractivity contribution >= 4 is 0 Å². The van der Waals surface area contributed by atoms with Gasteiger partial charge in [0.2, 0.25) is 0 Å². The van der Waals surface area contributed by atoms with Crippen LogP contribution in [0.1, 0.15) is 25.7 Å². The Balaban J connectivity index is 2.43. The van der Waals surface area contributed by atoms with E-state index in [1.165, 1.54) is 6.42 Å². The molecule has 2 unspecified atom stereocenters. The van der Waals surface area contributed by atoms with Gasteiger partial charge in [-0.05, 0) is 19.9 Å². The Hall–Kier alpha value is -0.520. The molecule has 0 radical (unpaired) electrons. The number of terminal acetylenes is 1. The molecule has 0 aromatic rings. The Labute approximate surface area is 74.6 Å². The molecular formula is C10H17NO. The second kappa shape index (κ2) is 4.49. The number of aliphatic hydroxyl groups excluding tert-OH is 1. The molecule has 1 aliphatic rings. The van der Waals surface area contributed by atoms with E-state index in [1.54, 1.807) is 0 Å². The molecule has 0 heterocycles. The fourth-order valence-corrected chi connectivity index (χ4v) is 1.87. The van der Waals surface area contributed by atoms with Crippen LogP contribution in [0.2, 0.25) is 0 Å². The van der Waals surface area contributed by atoms with Gasteiger partial charge in [-0.2, -0.15) is 0 Å². The molecule has 1 aliphatic carbocycles. The summed E-state index contributed by atoms with van der Waals surface area (Å²) in [4.78, 5) is 2.07. The summed E-state index contributed by atoms with van der Waals surface area (Å²) in [5.41, 5.74) is 0. The van der Waals surface area contributed by atoms with Crippen molar-refractivity contribution in [2.45, 2.75) is 37.8 Å². The maximum Gasteiger partial charge on any atom is 0.0695 e. The summed E-state index contributed by atoms with van der Waals surface area (Å²) < 4.78 is 0. The van der Waals surface area contributed by atoms with Crippen LogP contribution in [0.5, 0.6) is 0 Å². The molecule has 1 fully saturated rings. The monoisotopic (exact) mass is 167 g/mol. The molecule has 0 spiro atoms. The summed E-state index contributed by atoms with van der Waals surface area (Å²) in [6, 6.07) is 0.287. The summed E-state index contributed by atoms with van der Waals surface area (Å²) >= 11 is 0. The first-order valence-electron chi connectivity index (χ1n) is 4.57. The van der Waals surface area contributed by atoms with Crippen molar-refractivity contribution in [1.29, 1.82) is 0 Å². The minimum Gasteiger partial charge on any atom is -0.391 e. The summed E-state index contributed by atoms with van der Waals surface area (Å²) in [7, 11) is 1.99. The van der Waals surface area contributed by atoms with Crippen molar-refractivity contribution in [3.63, 3.8) is 0 Å². The highest BCUT2D eigenvalue weighted by Crippen LogP contribution is 2.21. The van der Waals surface area contributed by atoms with E-state index in [4.69, 9.17) is 6.42 Å². The largest absolute Gasteiger partial charge is 0.391 e. The maximum atomic E-state index is 9.66. The lowest BCUT2D eigenvalue weighted by Gasteiger charge is -2.34. The second-order valence-electron chi connectivity index (χ2n) is 3.54. The number of nitrogens with zero attached hydrogens (tertiary/aromatic N) is 1. The normalized spacial score (nSPS) is 30.2. The third-order valence-electron chi connectivity index (χ3n) is 2.60. The van der Waals surface area contributed by atoms with E-state index in [0.717, 1.165) is 19.3 Å². The average Bonchev–Trinajstić information content (AvgIpc) is 2.05. The standard InChI is InChI=1S/C10H17NO/c1-3-8-11(2)9-6-4-5-7-10(9)12/h1,9-10,12H,4-8H2,2H3. The fourth-order valence-electron chi connectivity index (χ4n) is 1.87. The van der Waals surface area contributed by atoms with Crippen molar-refractivity contribution in [2.24, 2.45) is 0 Å². The quantitative estimate of drug-likeness (QED) is 0.616. The zero-order valence-electron chi connectivity index (χ0n) is 7.66. The van der Waals surface area contributed by atoms with Crippen molar-refractivity contribution < 1.29 is 5.11 Å². The molecule has 12 heavy (non-hydrogen) atoms. The molecule has 68 valence electrons. The fraction of sp³-hybridized carbons (Fsp3) is 0.800. The van der Waals surface area contributed by atoms with Gasteiger partial charge in [0, 0.05) is 6.04 Å². The highest BCUT2D eigenvalue weighted by Gasteiger charge is 2.25. The van der Waals surface area contributed by atoms with Gasteiger partial charge in [0.25, 0.3) is 0 Å². The second-order valence-corrected chi connectivity index (χ2v) is 3.54. The molecule has 0 bridgehead atoms. The molecule has 0 saturated heterocycles. The molecule has 0 aromatic carbocycles. The highest BCUT2D eigenvalue weighted by molar-refractivity contribution is 4.91. The lowest BCUT2D eigenvalue weighted by Crippen LogP contribution is -2.43. The zero-order valence-corrected chi connectivity index (χ0v) is 7.66. The molecule has 0 amide bonds. The highest BCUT2D eigenvalue weighted by atomic mass is 16.3. The van der Waals surface area contributed by atoms with Gasteiger partial charge in [-0.3, -0.25) is 4.90 Å². The van der Waals surface area contributed by atoms with Gasteiger partial charge in [-0.1, -0.05) is 18.8 Å². The Bertz CT molecular complexity index is 173. The Morgan fingerprint density at radius 2 is 2.17 bits per heavy atom. The number of aliphatic hydroxyl groups is 1. The van der Waals surface area contributed by atoms with Gasteiger partial charge < -0.3 is 5.11 Å². The van der Waals surface area contributed by atoms with Crippen LogP contribution in [0.15, 0.2) is 0 Å². The molecular weight excluding hydrogens is 150 g/mol. The minimum atomic E-state index is -0.169. The van der Waals surface area contributed by atoms with Crippen LogP contribution in [0.4, 0.5) is 0 Å². The molecule has 1 N–H and O–H groups in total. The van der Waals surface area contributed by atoms with Crippen molar-refractivity contribution in [1.82, 2.24) is 4.90 Å². The minimum absolute atomic E-state index is 0.169. The number of hydrogen-bond acceptors (Lipinski definition) is 2. The first-order valence-corrected chi connectivity index (χ1v) is 4.57. The average molecular weight is 167 g/mol. The molecule has 1 rings (SSSR count). The molecule has 2 nitrogen and oxygen atoms in total. The smallest absolute Gasteiger partial charge is 0.0695 e. The van der Waals surface area contributed by atoms with Gasteiger partial charge in [0.1, 0.15) is 0 Å². The molecule has 0 aromatic heterocycles. The third-order valence-corrected chi connectivity index (χ3v) is 2.60. The Kier molecular flexibility index (Phi) is 3.58. The summed E-state index contributed by atoms with van der Waals surface area (Å²) in [6.45, 7) is 0.641. The predicted molar refractivity (Wildman–Crippen MR) is 49.7 cm³/mol. The lowest BCUT2D eigenvalue weighted by molar-refractivity contribution is 0.0381. The van der Waals surface area contributed by atoms with Crippen molar-refractivity contribution in [3.05, 3.63) is 0 Å². The third kappa shape index (κ3) is 2.23.